The SMILES string of the molecule is Cc1c(Nc2ccc(C=C3C(=O)Nc4ccc(Cl)cc43)cc2)c(=O)n(-c2ccccc2)n1C. The first-order valence-electron chi connectivity index (χ1n) is 10.5. The van der Waals surface area contributed by atoms with Gasteiger partial charge in [-0.25, -0.2) is 4.68 Å². The minimum Gasteiger partial charge on any atom is -0.349 e. The average Bonchev–Trinajstić information content (AvgIpc) is 3.23. The third kappa shape index (κ3) is 3.75. The van der Waals surface area contributed by atoms with Gasteiger partial charge in [0.25, 0.3) is 11.5 Å². The first kappa shape index (κ1) is 20.8. The van der Waals surface area contributed by atoms with E-state index in [1.807, 2.05) is 79.3 Å². The van der Waals surface area contributed by atoms with Crippen LogP contribution >= 0.6 is 11.6 Å². The number of halogens is 1. The summed E-state index contributed by atoms with van der Waals surface area (Å²) in [5.41, 5.74) is 5.78. The van der Waals surface area contributed by atoms with E-state index >= 15 is 0 Å². The molecule has 0 saturated carbocycles. The Kier molecular flexibility index (Phi) is 5.15. The molecule has 5 rings (SSSR count). The molecule has 1 aliphatic rings. The van der Waals surface area contributed by atoms with Crippen molar-refractivity contribution < 1.29 is 4.79 Å². The predicted octanol–water partition coefficient (Wildman–Crippen LogP) is 5.37. The molecule has 2 heterocycles. The Labute approximate surface area is 195 Å². The molecule has 0 aliphatic carbocycles. The van der Waals surface area contributed by atoms with E-state index in [0.29, 0.717) is 16.3 Å². The molecule has 1 aromatic heterocycles. The molecule has 164 valence electrons. The molecule has 4 aromatic rings. The molecule has 0 unspecified atom stereocenters. The summed E-state index contributed by atoms with van der Waals surface area (Å²) in [5.74, 6) is -0.157. The lowest BCUT2D eigenvalue weighted by atomic mass is 10.0. The monoisotopic (exact) mass is 456 g/mol. The van der Waals surface area contributed by atoms with E-state index in [9.17, 15) is 9.59 Å². The molecular formula is C26H21ClN4O2. The maximum Gasteiger partial charge on any atom is 0.295 e. The maximum atomic E-state index is 13.1. The molecule has 1 aliphatic heterocycles. The molecule has 0 bridgehead atoms. The first-order valence-corrected chi connectivity index (χ1v) is 10.8. The Morgan fingerprint density at radius 3 is 2.42 bits per heavy atom. The van der Waals surface area contributed by atoms with E-state index in [4.69, 9.17) is 11.6 Å². The van der Waals surface area contributed by atoms with Gasteiger partial charge in [-0.2, -0.15) is 0 Å². The van der Waals surface area contributed by atoms with Crippen molar-refractivity contribution in [3.63, 3.8) is 0 Å². The summed E-state index contributed by atoms with van der Waals surface area (Å²) in [6.07, 6.45) is 1.83. The van der Waals surface area contributed by atoms with Gasteiger partial charge >= 0.3 is 0 Å². The lowest BCUT2D eigenvalue weighted by Crippen LogP contribution is -2.20. The van der Waals surface area contributed by atoms with Gasteiger partial charge in [-0.15, -0.1) is 0 Å². The zero-order chi connectivity index (χ0) is 23.1. The maximum absolute atomic E-state index is 13.1. The predicted molar refractivity (Wildman–Crippen MR) is 133 cm³/mol. The number of nitrogens with one attached hydrogen (secondary N) is 2. The van der Waals surface area contributed by atoms with Gasteiger partial charge in [0.2, 0.25) is 0 Å². The molecular weight excluding hydrogens is 436 g/mol. The molecule has 0 radical (unpaired) electrons. The fourth-order valence-corrected chi connectivity index (χ4v) is 4.16. The third-order valence-corrected chi connectivity index (χ3v) is 6.04. The van der Waals surface area contributed by atoms with Gasteiger partial charge < -0.3 is 10.6 Å². The summed E-state index contributed by atoms with van der Waals surface area (Å²) in [6.45, 7) is 1.91. The number of hydrogen-bond donors (Lipinski definition) is 2. The van der Waals surface area contributed by atoms with Gasteiger partial charge in [0.15, 0.2) is 0 Å². The van der Waals surface area contributed by atoms with Crippen LogP contribution in [0.2, 0.25) is 5.02 Å². The van der Waals surface area contributed by atoms with Crippen LogP contribution < -0.4 is 16.2 Å². The van der Waals surface area contributed by atoms with Crippen LogP contribution in [0.15, 0.2) is 77.6 Å². The van der Waals surface area contributed by atoms with Gasteiger partial charge in [0, 0.05) is 34.6 Å². The fourth-order valence-electron chi connectivity index (χ4n) is 3.99. The molecule has 0 spiro atoms. The van der Waals surface area contributed by atoms with Gasteiger partial charge in [-0.05, 0) is 61.0 Å². The number of carbonyl (C=O) groups excluding carboxylic acids is 1. The van der Waals surface area contributed by atoms with Crippen LogP contribution in [0.4, 0.5) is 17.1 Å². The van der Waals surface area contributed by atoms with Crippen LogP contribution in [-0.4, -0.2) is 15.3 Å². The van der Waals surface area contributed by atoms with E-state index in [-0.39, 0.29) is 11.5 Å². The Hall–Kier alpha value is -4.03. The molecule has 7 heteroatoms. The van der Waals surface area contributed by atoms with Crippen molar-refractivity contribution in [2.75, 3.05) is 10.6 Å². The molecule has 33 heavy (non-hydrogen) atoms. The van der Waals surface area contributed by atoms with Crippen molar-refractivity contribution in [2.45, 2.75) is 6.92 Å². The highest BCUT2D eigenvalue weighted by Gasteiger charge is 2.24. The molecule has 0 atom stereocenters. The molecule has 3 aromatic carbocycles. The average molecular weight is 457 g/mol. The van der Waals surface area contributed by atoms with Crippen LogP contribution in [0.5, 0.6) is 0 Å². The molecule has 6 nitrogen and oxygen atoms in total. The van der Waals surface area contributed by atoms with Crippen LogP contribution in [0.3, 0.4) is 0 Å². The minimum atomic E-state index is -0.157. The summed E-state index contributed by atoms with van der Waals surface area (Å²) < 4.78 is 3.47. The zero-order valence-corrected chi connectivity index (χ0v) is 18.9. The quantitative estimate of drug-likeness (QED) is 0.405. The lowest BCUT2D eigenvalue weighted by Gasteiger charge is -2.07. The van der Waals surface area contributed by atoms with E-state index in [2.05, 4.69) is 10.6 Å². The first-order chi connectivity index (χ1) is 15.9. The lowest BCUT2D eigenvalue weighted by molar-refractivity contribution is -0.110. The standard InChI is InChI=1S/C26H21ClN4O2/c1-16-24(26(33)31(30(16)2)20-6-4-3-5-7-20)28-19-11-8-17(9-12-19)14-22-21-15-18(27)10-13-23(21)29-25(22)32/h3-15,28H,1-2H3,(H,29,32). The van der Waals surface area contributed by atoms with Gasteiger partial charge in [-0.1, -0.05) is 41.9 Å². The van der Waals surface area contributed by atoms with Gasteiger partial charge in [-0.3, -0.25) is 14.3 Å². The number of hydrogen-bond acceptors (Lipinski definition) is 3. The number of fused-ring (bicyclic) bond motifs is 1. The smallest absolute Gasteiger partial charge is 0.295 e. The number of para-hydroxylation sites is 1. The Morgan fingerprint density at radius 2 is 1.70 bits per heavy atom. The normalized spacial score (nSPS) is 13.8. The minimum absolute atomic E-state index is 0.122. The second-order valence-corrected chi connectivity index (χ2v) is 8.32. The number of anilines is 3. The highest BCUT2D eigenvalue weighted by Crippen LogP contribution is 2.35. The zero-order valence-electron chi connectivity index (χ0n) is 18.1. The van der Waals surface area contributed by atoms with E-state index in [0.717, 1.165) is 33.9 Å². The van der Waals surface area contributed by atoms with Gasteiger partial charge in [0.1, 0.15) is 5.69 Å². The van der Waals surface area contributed by atoms with E-state index < -0.39 is 0 Å². The number of aromatic nitrogens is 2. The van der Waals surface area contributed by atoms with Crippen molar-refractivity contribution >= 4 is 46.2 Å². The Balaban J connectivity index is 1.43. The van der Waals surface area contributed by atoms with Gasteiger partial charge in [0.05, 0.1) is 11.4 Å². The number of amides is 1. The van der Waals surface area contributed by atoms with Crippen molar-refractivity contribution in [2.24, 2.45) is 7.05 Å². The summed E-state index contributed by atoms with van der Waals surface area (Å²) in [7, 11) is 1.86. The number of carbonyl (C=O) groups is 1. The van der Waals surface area contributed by atoms with Crippen LogP contribution in [0.1, 0.15) is 16.8 Å². The topological polar surface area (TPSA) is 68.1 Å². The summed E-state index contributed by atoms with van der Waals surface area (Å²) in [4.78, 5) is 25.5. The fraction of sp³-hybridized carbons (Fsp3) is 0.0769. The highest BCUT2D eigenvalue weighted by atomic mass is 35.5. The van der Waals surface area contributed by atoms with Crippen molar-refractivity contribution in [1.29, 1.82) is 0 Å². The van der Waals surface area contributed by atoms with Crippen LogP contribution in [0.25, 0.3) is 17.3 Å². The Bertz CT molecular complexity index is 1460. The third-order valence-electron chi connectivity index (χ3n) is 5.81. The summed E-state index contributed by atoms with van der Waals surface area (Å²) >= 11 is 6.11. The second kappa shape index (κ2) is 8.15. The Morgan fingerprint density at radius 1 is 0.970 bits per heavy atom. The number of nitrogens with zero attached hydrogens (tertiary/aromatic N) is 2. The summed E-state index contributed by atoms with van der Waals surface area (Å²) in [5, 5.41) is 6.69. The number of benzene rings is 3. The van der Waals surface area contributed by atoms with Crippen LogP contribution in [-0.2, 0) is 11.8 Å². The molecule has 1 amide bonds. The second-order valence-electron chi connectivity index (χ2n) is 7.89. The van der Waals surface area contributed by atoms with Crippen molar-refractivity contribution in [1.82, 2.24) is 9.36 Å². The van der Waals surface area contributed by atoms with Crippen molar-refractivity contribution in [3.05, 3.63) is 105 Å². The van der Waals surface area contributed by atoms with E-state index in [1.165, 1.54) is 0 Å². The van der Waals surface area contributed by atoms with E-state index in [1.54, 1.807) is 22.9 Å². The summed E-state index contributed by atoms with van der Waals surface area (Å²) in [6, 6.07) is 22.4. The molecule has 2 N–H and O–H groups in total. The van der Waals surface area contributed by atoms with Crippen LogP contribution in [0, 0.1) is 6.92 Å². The van der Waals surface area contributed by atoms with Crippen molar-refractivity contribution in [3.8, 4) is 5.69 Å². The largest absolute Gasteiger partial charge is 0.349 e. The number of rotatable bonds is 4. The highest BCUT2D eigenvalue weighted by molar-refractivity contribution is 6.36. The molecule has 0 fully saturated rings. The molecule has 0 saturated heterocycles.